The lowest BCUT2D eigenvalue weighted by Gasteiger charge is -2.41. The Bertz CT molecular complexity index is 967. The van der Waals surface area contributed by atoms with Crippen LogP contribution in [0.15, 0.2) is 43.0 Å². The van der Waals surface area contributed by atoms with Gasteiger partial charge < -0.3 is 19.5 Å². The van der Waals surface area contributed by atoms with Crippen LogP contribution in [0.2, 0.25) is 0 Å². The molecule has 2 fully saturated rings. The summed E-state index contributed by atoms with van der Waals surface area (Å²) in [6.45, 7) is 3.03. The number of aromatic nitrogens is 4. The van der Waals surface area contributed by atoms with Gasteiger partial charge in [0.1, 0.15) is 6.33 Å². The highest BCUT2D eigenvalue weighted by Gasteiger charge is 2.45. The van der Waals surface area contributed by atoms with Gasteiger partial charge in [0.05, 0.1) is 12.4 Å². The summed E-state index contributed by atoms with van der Waals surface area (Å²) in [6.07, 6.45) is 6.43. The van der Waals surface area contributed by atoms with Crippen molar-refractivity contribution in [1.82, 2.24) is 24.4 Å². The van der Waals surface area contributed by atoms with Gasteiger partial charge in [0.2, 0.25) is 0 Å². The number of likely N-dealkylation sites (N-methyl/N-ethyl adjacent to an activating group) is 1. The first-order valence-electron chi connectivity index (χ1n) is 10.0. The Balaban J connectivity index is 1.57. The average molecular weight is 378 g/mol. The molecule has 2 aliphatic rings. The Hall–Kier alpha value is -2.51. The first-order valence-corrected chi connectivity index (χ1v) is 10.0. The standard InChI is InChI=1S/C21H26N6O/c1-25-10-11-26(17(13-25)16-5-3-2-4-6-16)19-18-20(23-14-22-19)27(15-24-18)21(7-8-21)9-12-28/h2-6,14-15,17,28H,7-13H2,1H3. The molecule has 1 aromatic carbocycles. The smallest absolute Gasteiger partial charge is 0.165 e. The molecule has 1 saturated heterocycles. The lowest BCUT2D eigenvalue weighted by atomic mass is 10.0. The van der Waals surface area contributed by atoms with Gasteiger partial charge in [0.25, 0.3) is 0 Å². The predicted molar refractivity (Wildman–Crippen MR) is 108 cm³/mol. The molecule has 0 spiro atoms. The lowest BCUT2D eigenvalue weighted by Crippen LogP contribution is -2.47. The van der Waals surface area contributed by atoms with Gasteiger partial charge in [-0.1, -0.05) is 30.3 Å². The van der Waals surface area contributed by atoms with Gasteiger partial charge in [0.15, 0.2) is 17.0 Å². The molecule has 3 heterocycles. The molecule has 28 heavy (non-hydrogen) atoms. The summed E-state index contributed by atoms with van der Waals surface area (Å²) >= 11 is 0. The van der Waals surface area contributed by atoms with Crippen LogP contribution in [0, 0.1) is 0 Å². The van der Waals surface area contributed by atoms with E-state index in [0.29, 0.717) is 0 Å². The van der Waals surface area contributed by atoms with Crippen molar-refractivity contribution < 1.29 is 5.11 Å². The second kappa shape index (κ2) is 6.83. The highest BCUT2D eigenvalue weighted by atomic mass is 16.3. The molecule has 7 heteroatoms. The fraction of sp³-hybridized carbons (Fsp3) is 0.476. The largest absolute Gasteiger partial charge is 0.396 e. The van der Waals surface area contributed by atoms with Crippen LogP contribution in [0.4, 0.5) is 5.82 Å². The van der Waals surface area contributed by atoms with E-state index in [0.717, 1.165) is 55.9 Å². The molecule has 0 radical (unpaired) electrons. The number of anilines is 1. The number of hydrogen-bond donors (Lipinski definition) is 1. The molecule has 7 nitrogen and oxygen atoms in total. The van der Waals surface area contributed by atoms with Gasteiger partial charge in [-0.05, 0) is 31.9 Å². The predicted octanol–water partition coefficient (Wildman–Crippen LogP) is 2.19. The fourth-order valence-electron chi connectivity index (χ4n) is 4.48. The van der Waals surface area contributed by atoms with Crippen molar-refractivity contribution in [1.29, 1.82) is 0 Å². The highest BCUT2D eigenvalue weighted by molar-refractivity contribution is 5.84. The van der Waals surface area contributed by atoms with Crippen molar-refractivity contribution in [3.63, 3.8) is 0 Å². The molecule has 1 atom stereocenters. The molecule has 1 aliphatic heterocycles. The monoisotopic (exact) mass is 378 g/mol. The normalized spacial score (nSPS) is 21.9. The highest BCUT2D eigenvalue weighted by Crippen LogP contribution is 2.48. The van der Waals surface area contributed by atoms with Crippen LogP contribution >= 0.6 is 0 Å². The van der Waals surface area contributed by atoms with E-state index in [-0.39, 0.29) is 18.2 Å². The van der Waals surface area contributed by atoms with Crippen molar-refractivity contribution >= 4 is 17.0 Å². The summed E-state index contributed by atoms with van der Waals surface area (Å²) in [5, 5.41) is 9.48. The number of fused-ring (bicyclic) bond motifs is 1. The van der Waals surface area contributed by atoms with Gasteiger partial charge in [-0.3, -0.25) is 0 Å². The van der Waals surface area contributed by atoms with Crippen molar-refractivity contribution in [2.75, 3.05) is 38.2 Å². The zero-order valence-electron chi connectivity index (χ0n) is 16.2. The minimum absolute atomic E-state index is 0.0178. The maximum Gasteiger partial charge on any atom is 0.165 e. The van der Waals surface area contributed by atoms with Crippen molar-refractivity contribution in [3.8, 4) is 0 Å². The minimum atomic E-state index is -0.0178. The Morgan fingerprint density at radius 2 is 1.93 bits per heavy atom. The first kappa shape index (κ1) is 17.6. The molecule has 1 N–H and O–H groups in total. The fourth-order valence-corrected chi connectivity index (χ4v) is 4.48. The molecular weight excluding hydrogens is 352 g/mol. The van der Waals surface area contributed by atoms with E-state index in [4.69, 9.17) is 4.98 Å². The van der Waals surface area contributed by atoms with Crippen molar-refractivity contribution in [2.24, 2.45) is 0 Å². The van der Waals surface area contributed by atoms with Crippen LogP contribution in [-0.4, -0.2) is 62.8 Å². The summed E-state index contributed by atoms with van der Waals surface area (Å²) in [6, 6.07) is 10.9. The van der Waals surface area contributed by atoms with Gasteiger partial charge in [-0.15, -0.1) is 0 Å². The van der Waals surface area contributed by atoms with E-state index in [2.05, 4.69) is 61.7 Å². The molecule has 146 valence electrons. The number of aliphatic hydroxyl groups excluding tert-OH is 1. The number of hydrogen-bond acceptors (Lipinski definition) is 6. The molecule has 3 aromatic rings. The Labute approximate surface area is 164 Å². The molecule has 1 saturated carbocycles. The molecular formula is C21H26N6O. The van der Waals surface area contributed by atoms with Crippen LogP contribution < -0.4 is 4.90 Å². The second-order valence-corrected chi connectivity index (χ2v) is 8.06. The summed E-state index contributed by atoms with van der Waals surface area (Å²) in [7, 11) is 2.17. The molecule has 1 aliphatic carbocycles. The topological polar surface area (TPSA) is 70.3 Å². The number of rotatable bonds is 5. The van der Waals surface area contributed by atoms with Gasteiger partial charge in [-0.2, -0.15) is 0 Å². The average Bonchev–Trinajstić information content (AvgIpc) is 3.36. The van der Waals surface area contributed by atoms with E-state index in [1.165, 1.54) is 5.56 Å². The quantitative estimate of drug-likeness (QED) is 0.734. The first-order chi connectivity index (χ1) is 13.7. The molecule has 5 rings (SSSR count). The van der Waals surface area contributed by atoms with Crippen LogP contribution in [0.5, 0.6) is 0 Å². The SMILES string of the molecule is CN1CCN(c2ncnc3c2ncn3C2(CCO)CC2)C(c2ccccc2)C1. The molecule has 0 bridgehead atoms. The third-order valence-corrected chi connectivity index (χ3v) is 6.27. The molecule has 2 aromatic heterocycles. The van der Waals surface area contributed by atoms with Crippen LogP contribution in [0.25, 0.3) is 11.2 Å². The summed E-state index contributed by atoms with van der Waals surface area (Å²) in [4.78, 5) is 18.7. The third-order valence-electron chi connectivity index (χ3n) is 6.27. The zero-order valence-corrected chi connectivity index (χ0v) is 16.2. The minimum Gasteiger partial charge on any atom is -0.396 e. The van der Waals surface area contributed by atoms with Crippen LogP contribution in [-0.2, 0) is 5.54 Å². The maximum atomic E-state index is 9.48. The summed E-state index contributed by atoms with van der Waals surface area (Å²) < 4.78 is 2.16. The maximum absolute atomic E-state index is 9.48. The van der Waals surface area contributed by atoms with Crippen LogP contribution in [0.1, 0.15) is 30.9 Å². The summed E-state index contributed by atoms with van der Waals surface area (Å²) in [5.74, 6) is 0.908. The van der Waals surface area contributed by atoms with E-state index in [1.807, 2.05) is 6.33 Å². The van der Waals surface area contributed by atoms with Crippen molar-refractivity contribution in [2.45, 2.75) is 30.8 Å². The molecule has 1 unspecified atom stereocenters. The molecule has 0 amide bonds. The van der Waals surface area contributed by atoms with Crippen LogP contribution in [0.3, 0.4) is 0 Å². The number of imidazole rings is 1. The Morgan fingerprint density at radius 1 is 1.11 bits per heavy atom. The number of benzene rings is 1. The third kappa shape index (κ3) is 2.86. The Morgan fingerprint density at radius 3 is 2.68 bits per heavy atom. The van der Waals surface area contributed by atoms with Crippen molar-refractivity contribution in [3.05, 3.63) is 48.5 Å². The van der Waals surface area contributed by atoms with Gasteiger partial charge in [-0.25, -0.2) is 15.0 Å². The van der Waals surface area contributed by atoms with Gasteiger partial charge in [0, 0.05) is 31.8 Å². The number of nitrogens with zero attached hydrogens (tertiary/aromatic N) is 6. The van der Waals surface area contributed by atoms with E-state index in [9.17, 15) is 5.11 Å². The zero-order chi connectivity index (χ0) is 19.1. The van der Waals surface area contributed by atoms with E-state index < -0.39 is 0 Å². The van der Waals surface area contributed by atoms with E-state index in [1.54, 1.807) is 6.33 Å². The number of aliphatic hydroxyl groups is 1. The van der Waals surface area contributed by atoms with Gasteiger partial charge >= 0.3 is 0 Å². The number of piperazine rings is 1. The Kier molecular flexibility index (Phi) is 4.29. The second-order valence-electron chi connectivity index (χ2n) is 8.06. The summed E-state index contributed by atoms with van der Waals surface area (Å²) in [5.41, 5.74) is 3.01. The van der Waals surface area contributed by atoms with E-state index >= 15 is 0 Å². The lowest BCUT2D eigenvalue weighted by molar-refractivity contribution is 0.250.